The number of nitrogens with two attached hydrogens (primary N) is 1. The predicted molar refractivity (Wildman–Crippen MR) is 42.7 cm³/mol. The summed E-state index contributed by atoms with van der Waals surface area (Å²) in [5, 5.41) is 0. The Hall–Kier alpha value is -0.530. The van der Waals surface area contributed by atoms with Crippen molar-refractivity contribution < 1.29 is 4.79 Å². The van der Waals surface area contributed by atoms with E-state index in [2.05, 4.69) is 0 Å². The summed E-state index contributed by atoms with van der Waals surface area (Å²) >= 11 is 0. The summed E-state index contributed by atoms with van der Waals surface area (Å²) in [7, 11) is 0. The zero-order valence-corrected chi connectivity index (χ0v) is 6.97. The van der Waals surface area contributed by atoms with E-state index in [1.54, 1.807) is 0 Å². The predicted octanol–water partition coefficient (Wildman–Crippen LogP) is 1.30. The molecule has 2 saturated carbocycles. The van der Waals surface area contributed by atoms with Crippen LogP contribution in [0.4, 0.5) is 0 Å². The number of carbonyl (C=O) groups is 1. The van der Waals surface area contributed by atoms with Gasteiger partial charge >= 0.3 is 0 Å². The van der Waals surface area contributed by atoms with Crippen LogP contribution in [-0.4, -0.2) is 5.91 Å². The molecule has 0 aromatic rings. The Kier molecular flexibility index (Phi) is 1.29. The Morgan fingerprint density at radius 3 is 2.55 bits per heavy atom. The number of fused-ring (bicyclic) bond motifs is 2. The fourth-order valence-corrected chi connectivity index (χ4v) is 2.91. The SMILES string of the molecule is C[C@@]1(C(N)=O)C[C@H]2CC[C@@H]1C2. The van der Waals surface area contributed by atoms with E-state index in [4.69, 9.17) is 5.73 Å². The molecule has 2 aliphatic carbocycles. The maximum atomic E-state index is 11.1. The number of primary amides is 1. The molecule has 0 aromatic carbocycles. The first-order chi connectivity index (χ1) is 5.13. The first kappa shape index (κ1) is 7.14. The topological polar surface area (TPSA) is 43.1 Å². The summed E-state index contributed by atoms with van der Waals surface area (Å²) in [6.45, 7) is 2.04. The van der Waals surface area contributed by atoms with Gasteiger partial charge in [0.25, 0.3) is 0 Å². The van der Waals surface area contributed by atoms with Gasteiger partial charge in [-0.05, 0) is 31.1 Å². The first-order valence-electron chi connectivity index (χ1n) is 4.43. The third-order valence-electron chi connectivity index (χ3n) is 3.72. The molecule has 2 N–H and O–H groups in total. The van der Waals surface area contributed by atoms with E-state index >= 15 is 0 Å². The molecule has 2 rings (SSSR count). The number of hydrogen-bond acceptors (Lipinski definition) is 1. The maximum absolute atomic E-state index is 11.1. The summed E-state index contributed by atoms with van der Waals surface area (Å²) < 4.78 is 0. The van der Waals surface area contributed by atoms with Crippen molar-refractivity contribution in [3.8, 4) is 0 Å². The van der Waals surface area contributed by atoms with Crippen LogP contribution in [0.1, 0.15) is 32.6 Å². The van der Waals surface area contributed by atoms with E-state index in [-0.39, 0.29) is 11.3 Å². The van der Waals surface area contributed by atoms with E-state index in [0.717, 1.165) is 12.3 Å². The van der Waals surface area contributed by atoms with E-state index in [9.17, 15) is 4.79 Å². The smallest absolute Gasteiger partial charge is 0.223 e. The van der Waals surface area contributed by atoms with Gasteiger partial charge in [0.05, 0.1) is 0 Å². The van der Waals surface area contributed by atoms with Crippen LogP contribution in [0.15, 0.2) is 0 Å². The van der Waals surface area contributed by atoms with Crippen molar-refractivity contribution in [2.24, 2.45) is 23.0 Å². The minimum Gasteiger partial charge on any atom is -0.369 e. The second-order valence-electron chi connectivity index (χ2n) is 4.36. The fourth-order valence-electron chi connectivity index (χ4n) is 2.91. The van der Waals surface area contributed by atoms with Gasteiger partial charge < -0.3 is 5.73 Å². The van der Waals surface area contributed by atoms with Gasteiger partial charge in [0, 0.05) is 5.41 Å². The van der Waals surface area contributed by atoms with Crippen molar-refractivity contribution in [2.75, 3.05) is 0 Å². The van der Waals surface area contributed by atoms with Gasteiger partial charge in [-0.1, -0.05) is 13.3 Å². The lowest BCUT2D eigenvalue weighted by Gasteiger charge is -2.30. The third kappa shape index (κ3) is 0.815. The molecule has 0 radical (unpaired) electrons. The molecule has 3 atom stereocenters. The van der Waals surface area contributed by atoms with Crippen LogP contribution in [0.5, 0.6) is 0 Å². The van der Waals surface area contributed by atoms with Gasteiger partial charge in [-0.25, -0.2) is 0 Å². The van der Waals surface area contributed by atoms with E-state index < -0.39 is 0 Å². The molecular weight excluding hydrogens is 138 g/mol. The molecule has 2 aliphatic rings. The summed E-state index contributed by atoms with van der Waals surface area (Å²) in [5.41, 5.74) is 5.23. The monoisotopic (exact) mass is 153 g/mol. The van der Waals surface area contributed by atoms with Crippen molar-refractivity contribution in [3.05, 3.63) is 0 Å². The molecule has 2 heteroatoms. The van der Waals surface area contributed by atoms with Gasteiger partial charge in [-0.3, -0.25) is 4.79 Å². The van der Waals surface area contributed by atoms with Crippen LogP contribution in [0.25, 0.3) is 0 Å². The summed E-state index contributed by atoms with van der Waals surface area (Å²) in [4.78, 5) is 11.1. The Morgan fingerprint density at radius 2 is 2.27 bits per heavy atom. The van der Waals surface area contributed by atoms with Crippen molar-refractivity contribution in [3.63, 3.8) is 0 Å². The second-order valence-corrected chi connectivity index (χ2v) is 4.36. The molecule has 11 heavy (non-hydrogen) atoms. The average molecular weight is 153 g/mol. The largest absolute Gasteiger partial charge is 0.369 e. The standard InChI is InChI=1S/C9H15NO/c1-9(8(10)11)5-6-2-3-7(9)4-6/h6-7H,2-5H2,1H3,(H2,10,11)/t6-,7+,9+/m0/s1. The van der Waals surface area contributed by atoms with E-state index in [1.807, 2.05) is 6.92 Å². The molecular formula is C9H15NO. The van der Waals surface area contributed by atoms with Crippen molar-refractivity contribution in [2.45, 2.75) is 32.6 Å². The van der Waals surface area contributed by atoms with Crippen LogP contribution in [0, 0.1) is 17.3 Å². The zero-order valence-electron chi connectivity index (χ0n) is 6.97. The summed E-state index contributed by atoms with van der Waals surface area (Å²) in [6.07, 6.45) is 4.85. The highest BCUT2D eigenvalue weighted by Gasteiger charge is 2.51. The Labute approximate surface area is 67.1 Å². The molecule has 62 valence electrons. The number of amides is 1. The van der Waals surface area contributed by atoms with Gasteiger partial charge in [-0.15, -0.1) is 0 Å². The van der Waals surface area contributed by atoms with Crippen LogP contribution in [0.2, 0.25) is 0 Å². The third-order valence-corrected chi connectivity index (χ3v) is 3.72. The highest BCUT2D eigenvalue weighted by Crippen LogP contribution is 2.55. The van der Waals surface area contributed by atoms with Crippen LogP contribution in [0.3, 0.4) is 0 Å². The minimum atomic E-state index is -0.150. The van der Waals surface area contributed by atoms with Crippen LogP contribution < -0.4 is 5.73 Å². The first-order valence-corrected chi connectivity index (χ1v) is 4.43. The summed E-state index contributed by atoms with van der Waals surface area (Å²) in [6, 6.07) is 0. The van der Waals surface area contributed by atoms with E-state index in [1.165, 1.54) is 19.3 Å². The molecule has 2 nitrogen and oxygen atoms in total. The molecule has 0 aliphatic heterocycles. The molecule has 0 aromatic heterocycles. The van der Waals surface area contributed by atoms with Gasteiger partial charge in [0.1, 0.15) is 0 Å². The lowest BCUT2D eigenvalue weighted by atomic mass is 9.74. The average Bonchev–Trinajstić information content (AvgIpc) is 2.45. The van der Waals surface area contributed by atoms with Crippen molar-refractivity contribution >= 4 is 5.91 Å². The Bertz CT molecular complexity index is 202. The quantitative estimate of drug-likeness (QED) is 0.606. The van der Waals surface area contributed by atoms with E-state index in [0.29, 0.717) is 5.92 Å². The molecule has 2 fully saturated rings. The number of rotatable bonds is 1. The Balaban J connectivity index is 2.23. The van der Waals surface area contributed by atoms with Crippen LogP contribution in [-0.2, 0) is 4.79 Å². The van der Waals surface area contributed by atoms with Gasteiger partial charge in [0.2, 0.25) is 5.91 Å². The Morgan fingerprint density at radius 1 is 1.55 bits per heavy atom. The normalized spacial score (nSPS) is 48.1. The molecule has 0 unspecified atom stereocenters. The summed E-state index contributed by atoms with van der Waals surface area (Å²) in [5.74, 6) is 1.33. The molecule has 0 spiro atoms. The van der Waals surface area contributed by atoms with Crippen LogP contribution >= 0.6 is 0 Å². The highest BCUT2D eigenvalue weighted by molar-refractivity contribution is 5.81. The molecule has 0 heterocycles. The lowest BCUT2D eigenvalue weighted by molar-refractivity contribution is -0.129. The minimum absolute atomic E-state index is 0.0790. The molecule has 2 bridgehead atoms. The van der Waals surface area contributed by atoms with Crippen molar-refractivity contribution in [1.29, 1.82) is 0 Å². The van der Waals surface area contributed by atoms with Crippen molar-refractivity contribution in [1.82, 2.24) is 0 Å². The molecule has 1 amide bonds. The lowest BCUT2D eigenvalue weighted by Crippen LogP contribution is -2.38. The highest BCUT2D eigenvalue weighted by atomic mass is 16.1. The molecule has 0 saturated heterocycles. The number of hydrogen-bond donors (Lipinski definition) is 1. The van der Waals surface area contributed by atoms with Gasteiger partial charge in [-0.2, -0.15) is 0 Å². The fraction of sp³-hybridized carbons (Fsp3) is 0.889. The zero-order chi connectivity index (χ0) is 8.06. The maximum Gasteiger partial charge on any atom is 0.223 e. The number of carbonyl (C=O) groups excluding carboxylic acids is 1. The second kappa shape index (κ2) is 1.99. The van der Waals surface area contributed by atoms with Gasteiger partial charge in [0.15, 0.2) is 0 Å².